The zero-order valence-electron chi connectivity index (χ0n) is 24.6. The van der Waals surface area contributed by atoms with Gasteiger partial charge in [0, 0.05) is 49.2 Å². The number of carbonyl (C=O) groups excluding carboxylic acids is 2. The number of carbonyl (C=O) groups is 2. The molecule has 1 saturated heterocycles. The van der Waals surface area contributed by atoms with Crippen LogP contribution in [0.1, 0.15) is 49.5 Å². The van der Waals surface area contributed by atoms with E-state index in [1.165, 1.54) is 5.56 Å². The average Bonchev–Trinajstić information content (AvgIpc) is 3.49. The summed E-state index contributed by atoms with van der Waals surface area (Å²) in [5.41, 5.74) is 5.15. The fourth-order valence-corrected chi connectivity index (χ4v) is 5.83. The monoisotopic (exact) mass is 563 g/mol. The highest BCUT2D eigenvalue weighted by Gasteiger charge is 2.28. The minimum absolute atomic E-state index is 0.0574. The number of hydrogen-bond donors (Lipinski definition) is 1. The normalized spacial score (nSPS) is 15.7. The van der Waals surface area contributed by atoms with Crippen LogP contribution in [0.4, 0.5) is 4.79 Å². The quantitative estimate of drug-likeness (QED) is 0.269. The maximum atomic E-state index is 13.6. The number of ether oxygens (including phenoxy) is 1. The van der Waals surface area contributed by atoms with E-state index in [0.29, 0.717) is 18.7 Å². The molecule has 0 radical (unpaired) electrons. The number of piperidine rings is 1. The molecule has 5 aromatic rings. The molecule has 0 bridgehead atoms. The van der Waals surface area contributed by atoms with Crippen molar-refractivity contribution in [3.63, 3.8) is 0 Å². The Balaban J connectivity index is 1.28. The van der Waals surface area contributed by atoms with Crippen LogP contribution in [0, 0.1) is 0 Å². The molecule has 6 rings (SSSR count). The van der Waals surface area contributed by atoms with Crippen molar-refractivity contribution in [2.24, 2.45) is 7.05 Å². The van der Waals surface area contributed by atoms with Gasteiger partial charge in [-0.3, -0.25) is 4.79 Å². The minimum Gasteiger partial charge on any atom is -0.444 e. The third kappa shape index (κ3) is 5.62. The Morgan fingerprint density at radius 1 is 0.976 bits per heavy atom. The molecule has 1 fully saturated rings. The Labute approximate surface area is 245 Å². The zero-order valence-corrected chi connectivity index (χ0v) is 24.6. The molecule has 0 unspecified atom stereocenters. The Morgan fingerprint density at radius 2 is 1.74 bits per heavy atom. The Bertz CT molecular complexity index is 1760. The first kappa shape index (κ1) is 27.6. The van der Waals surface area contributed by atoms with Gasteiger partial charge in [0.2, 0.25) is 0 Å². The van der Waals surface area contributed by atoms with E-state index in [0.717, 1.165) is 52.8 Å². The van der Waals surface area contributed by atoms with Crippen LogP contribution in [0.15, 0.2) is 78.9 Å². The van der Waals surface area contributed by atoms with E-state index in [-0.39, 0.29) is 11.9 Å². The van der Waals surface area contributed by atoms with Gasteiger partial charge in [-0.05, 0) is 69.5 Å². The highest BCUT2D eigenvalue weighted by molar-refractivity contribution is 5.98. The summed E-state index contributed by atoms with van der Waals surface area (Å²) in [4.78, 5) is 32.8. The molecule has 1 N–H and O–H groups in total. The number of nitrogens with zero attached hydrogens (tertiary/aromatic N) is 4. The van der Waals surface area contributed by atoms with Gasteiger partial charge in [-0.25, -0.2) is 9.78 Å². The molecule has 2 amide bonds. The van der Waals surface area contributed by atoms with Crippen molar-refractivity contribution in [3.05, 3.63) is 90.0 Å². The summed E-state index contributed by atoms with van der Waals surface area (Å²) in [5.74, 6) is 0.791. The van der Waals surface area contributed by atoms with Crippen molar-refractivity contribution < 1.29 is 14.3 Å². The number of aryl methyl sites for hydroxylation is 1. The lowest BCUT2D eigenvalue weighted by atomic mass is 10.0. The molecule has 42 heavy (non-hydrogen) atoms. The van der Waals surface area contributed by atoms with Gasteiger partial charge in [-0.15, -0.1) is 0 Å². The van der Waals surface area contributed by atoms with Gasteiger partial charge in [0.15, 0.2) is 5.82 Å². The van der Waals surface area contributed by atoms with Crippen LogP contribution in [0.3, 0.4) is 0 Å². The second-order valence-corrected chi connectivity index (χ2v) is 12.1. The van der Waals surface area contributed by atoms with E-state index >= 15 is 0 Å². The second kappa shape index (κ2) is 11.0. The summed E-state index contributed by atoms with van der Waals surface area (Å²) in [7, 11) is 2.02. The number of para-hydroxylation sites is 1. The molecule has 0 spiro atoms. The predicted octanol–water partition coefficient (Wildman–Crippen LogP) is 6.37. The predicted molar refractivity (Wildman–Crippen MR) is 165 cm³/mol. The molecule has 8 heteroatoms. The standard InChI is InChI=1S/C34H37N5O3/c1-34(2,3)42-33(41)35-26-14-10-18-38(22-26)32(40)25-16-17-29-27(19-25)36-31(37(29)4)30-20-24-13-8-9-15-28(24)39(30)21-23-11-6-5-7-12-23/h5-9,11-13,15-17,19-20,26H,10,14,18,21-22H2,1-4H3,(H,35,41)/t26-/m0/s1. The first-order valence-corrected chi connectivity index (χ1v) is 14.5. The van der Waals surface area contributed by atoms with Crippen molar-refractivity contribution in [2.75, 3.05) is 13.1 Å². The number of aromatic nitrogens is 3. The molecule has 1 aliphatic heterocycles. The molecule has 1 atom stereocenters. The smallest absolute Gasteiger partial charge is 0.407 e. The van der Waals surface area contributed by atoms with Crippen LogP contribution >= 0.6 is 0 Å². The first-order chi connectivity index (χ1) is 20.2. The minimum atomic E-state index is -0.568. The number of amides is 2. The van der Waals surface area contributed by atoms with E-state index < -0.39 is 11.7 Å². The van der Waals surface area contributed by atoms with Gasteiger partial charge in [0.05, 0.1) is 16.7 Å². The Morgan fingerprint density at radius 3 is 2.52 bits per heavy atom. The number of imidazole rings is 1. The van der Waals surface area contributed by atoms with Crippen molar-refractivity contribution >= 4 is 33.9 Å². The number of alkyl carbamates (subject to hydrolysis) is 1. The third-order valence-electron chi connectivity index (χ3n) is 7.78. The number of nitrogens with one attached hydrogen (secondary N) is 1. The number of fused-ring (bicyclic) bond motifs is 2. The molecule has 216 valence electrons. The van der Waals surface area contributed by atoms with Gasteiger partial charge in [0.25, 0.3) is 5.91 Å². The lowest BCUT2D eigenvalue weighted by molar-refractivity contribution is 0.0452. The summed E-state index contributed by atoms with van der Waals surface area (Å²) in [6.07, 6.45) is 1.17. The molecular weight excluding hydrogens is 526 g/mol. The van der Waals surface area contributed by atoms with Crippen LogP contribution in [-0.4, -0.2) is 55.8 Å². The van der Waals surface area contributed by atoms with E-state index in [2.05, 4.69) is 69.0 Å². The summed E-state index contributed by atoms with van der Waals surface area (Å²) in [6, 6.07) is 26.6. The number of hydrogen-bond acceptors (Lipinski definition) is 4. The average molecular weight is 564 g/mol. The van der Waals surface area contributed by atoms with Crippen LogP contribution in [0.25, 0.3) is 33.5 Å². The van der Waals surface area contributed by atoms with Crippen LogP contribution in [0.2, 0.25) is 0 Å². The van der Waals surface area contributed by atoms with Gasteiger partial charge in [0.1, 0.15) is 5.60 Å². The molecule has 0 aliphatic carbocycles. The molecule has 0 saturated carbocycles. The van der Waals surface area contributed by atoms with E-state index in [1.807, 2.05) is 57.0 Å². The van der Waals surface area contributed by atoms with Gasteiger partial charge < -0.3 is 24.1 Å². The summed E-state index contributed by atoms with van der Waals surface area (Å²) < 4.78 is 9.82. The van der Waals surface area contributed by atoms with Crippen LogP contribution < -0.4 is 5.32 Å². The lowest BCUT2D eigenvalue weighted by Crippen LogP contribution is -2.50. The molecule has 1 aliphatic rings. The fourth-order valence-electron chi connectivity index (χ4n) is 5.83. The maximum Gasteiger partial charge on any atom is 0.407 e. The Hall–Kier alpha value is -4.59. The van der Waals surface area contributed by atoms with Gasteiger partial charge >= 0.3 is 6.09 Å². The molecule has 3 heterocycles. The zero-order chi connectivity index (χ0) is 29.4. The number of likely N-dealkylation sites (tertiary alicyclic amines) is 1. The lowest BCUT2D eigenvalue weighted by Gasteiger charge is -2.33. The Kier molecular flexibility index (Phi) is 7.22. The summed E-state index contributed by atoms with van der Waals surface area (Å²) in [6.45, 7) is 7.34. The third-order valence-corrected chi connectivity index (χ3v) is 7.78. The first-order valence-electron chi connectivity index (χ1n) is 14.5. The van der Waals surface area contributed by atoms with E-state index in [9.17, 15) is 9.59 Å². The van der Waals surface area contributed by atoms with Crippen molar-refractivity contribution in [1.29, 1.82) is 0 Å². The summed E-state index contributed by atoms with van der Waals surface area (Å²) in [5, 5.41) is 4.09. The molecule has 2 aromatic heterocycles. The van der Waals surface area contributed by atoms with E-state index in [4.69, 9.17) is 9.72 Å². The van der Waals surface area contributed by atoms with E-state index in [1.54, 1.807) is 0 Å². The van der Waals surface area contributed by atoms with Crippen LogP contribution in [-0.2, 0) is 18.3 Å². The van der Waals surface area contributed by atoms with Crippen molar-refractivity contribution in [3.8, 4) is 11.5 Å². The van der Waals surface area contributed by atoms with Crippen LogP contribution in [0.5, 0.6) is 0 Å². The molecule has 8 nitrogen and oxygen atoms in total. The van der Waals surface area contributed by atoms with Gasteiger partial charge in [-0.1, -0.05) is 48.5 Å². The topological polar surface area (TPSA) is 81.4 Å². The maximum absolute atomic E-state index is 13.6. The highest BCUT2D eigenvalue weighted by atomic mass is 16.6. The van der Waals surface area contributed by atoms with Crippen molar-refractivity contribution in [2.45, 2.75) is 51.8 Å². The molecular formula is C34H37N5O3. The number of rotatable bonds is 5. The SMILES string of the molecule is Cn1c(-c2cc3ccccc3n2Cc2ccccc2)nc2cc(C(=O)N3CCC[C@H](NC(=O)OC(C)(C)C)C3)ccc21. The summed E-state index contributed by atoms with van der Waals surface area (Å²) >= 11 is 0. The van der Waals surface area contributed by atoms with Gasteiger partial charge in [-0.2, -0.15) is 0 Å². The highest BCUT2D eigenvalue weighted by Crippen LogP contribution is 2.31. The number of benzene rings is 3. The van der Waals surface area contributed by atoms with Crippen molar-refractivity contribution in [1.82, 2.24) is 24.3 Å². The second-order valence-electron chi connectivity index (χ2n) is 12.1. The molecule has 3 aromatic carbocycles. The fraction of sp³-hybridized carbons (Fsp3) is 0.324. The largest absolute Gasteiger partial charge is 0.444 e.